The van der Waals surface area contributed by atoms with Crippen molar-refractivity contribution in [2.75, 3.05) is 13.1 Å². The molecule has 0 unspecified atom stereocenters. The molecule has 1 rings (SSSR count). The Labute approximate surface area is 68.4 Å². The van der Waals surface area contributed by atoms with E-state index in [9.17, 15) is 4.79 Å². The largest absolute Gasteiger partial charge is 0.350 e. The van der Waals surface area contributed by atoms with Crippen molar-refractivity contribution in [1.82, 2.24) is 10.3 Å². The van der Waals surface area contributed by atoms with Crippen LogP contribution in [-0.4, -0.2) is 24.0 Å². The van der Waals surface area contributed by atoms with Gasteiger partial charge in [0.05, 0.1) is 11.7 Å². The second-order valence-electron chi connectivity index (χ2n) is 1.91. The third-order valence-electron chi connectivity index (χ3n) is 1.09. The van der Waals surface area contributed by atoms with Gasteiger partial charge >= 0.3 is 0 Å². The van der Waals surface area contributed by atoms with Crippen LogP contribution in [0.25, 0.3) is 0 Å². The van der Waals surface area contributed by atoms with Crippen LogP contribution in [0, 0.1) is 0 Å². The van der Waals surface area contributed by atoms with Crippen molar-refractivity contribution in [3.63, 3.8) is 0 Å². The Kier molecular flexibility index (Phi) is 3.00. The molecular weight excluding hydrogens is 162 g/mol. The van der Waals surface area contributed by atoms with Crippen molar-refractivity contribution in [2.45, 2.75) is 0 Å². The standard InChI is InChI=1S/C6H9N3OS/c7-1-2-9-6(10)5-3-8-4-11-5/h3-4H,1-2,7H2,(H,9,10). The third-order valence-corrected chi connectivity index (χ3v) is 1.86. The maximum Gasteiger partial charge on any atom is 0.263 e. The molecule has 60 valence electrons. The number of thiazole rings is 1. The van der Waals surface area contributed by atoms with Crippen LogP contribution in [0.3, 0.4) is 0 Å². The van der Waals surface area contributed by atoms with E-state index in [4.69, 9.17) is 5.73 Å². The molecule has 4 nitrogen and oxygen atoms in total. The number of nitrogens with two attached hydrogens (primary N) is 1. The number of nitrogens with one attached hydrogen (secondary N) is 1. The van der Waals surface area contributed by atoms with Gasteiger partial charge in [0.1, 0.15) is 4.88 Å². The molecule has 0 aliphatic rings. The smallest absolute Gasteiger partial charge is 0.263 e. The molecule has 0 aliphatic heterocycles. The van der Waals surface area contributed by atoms with Gasteiger partial charge in [-0.3, -0.25) is 9.78 Å². The number of carbonyl (C=O) groups is 1. The first kappa shape index (κ1) is 8.16. The first-order chi connectivity index (χ1) is 5.34. The van der Waals surface area contributed by atoms with Crippen LogP contribution < -0.4 is 11.1 Å². The average molecular weight is 171 g/mol. The van der Waals surface area contributed by atoms with Crippen LogP contribution in [0.2, 0.25) is 0 Å². The average Bonchev–Trinajstić information content (AvgIpc) is 2.52. The van der Waals surface area contributed by atoms with E-state index in [0.717, 1.165) is 0 Å². The number of nitrogens with zero attached hydrogens (tertiary/aromatic N) is 1. The summed E-state index contributed by atoms with van der Waals surface area (Å²) in [6.07, 6.45) is 1.54. The second-order valence-corrected chi connectivity index (χ2v) is 2.80. The summed E-state index contributed by atoms with van der Waals surface area (Å²) in [7, 11) is 0. The molecule has 1 heterocycles. The van der Waals surface area contributed by atoms with Gasteiger partial charge in [0.25, 0.3) is 5.91 Å². The molecule has 3 N–H and O–H groups in total. The normalized spacial score (nSPS) is 9.55. The monoisotopic (exact) mass is 171 g/mol. The number of aromatic nitrogens is 1. The Hall–Kier alpha value is -0.940. The Morgan fingerprint density at radius 1 is 1.82 bits per heavy atom. The first-order valence-electron chi connectivity index (χ1n) is 3.21. The zero-order valence-corrected chi connectivity index (χ0v) is 6.73. The fraction of sp³-hybridized carbons (Fsp3) is 0.333. The van der Waals surface area contributed by atoms with Crippen molar-refractivity contribution in [3.8, 4) is 0 Å². The molecule has 0 bridgehead atoms. The quantitative estimate of drug-likeness (QED) is 0.663. The summed E-state index contributed by atoms with van der Waals surface area (Å²) in [5.74, 6) is -0.0991. The summed E-state index contributed by atoms with van der Waals surface area (Å²) in [5, 5.41) is 2.64. The van der Waals surface area contributed by atoms with E-state index in [2.05, 4.69) is 10.3 Å². The summed E-state index contributed by atoms with van der Waals surface area (Å²) in [6.45, 7) is 0.973. The fourth-order valence-corrected chi connectivity index (χ4v) is 1.14. The molecular formula is C6H9N3OS. The van der Waals surface area contributed by atoms with Crippen LogP contribution in [0.5, 0.6) is 0 Å². The van der Waals surface area contributed by atoms with Gasteiger partial charge in [-0.15, -0.1) is 11.3 Å². The highest BCUT2D eigenvalue weighted by molar-refractivity contribution is 7.11. The molecule has 0 spiro atoms. The maximum atomic E-state index is 11.1. The molecule has 1 amide bonds. The van der Waals surface area contributed by atoms with Gasteiger partial charge in [0, 0.05) is 13.1 Å². The highest BCUT2D eigenvalue weighted by atomic mass is 32.1. The molecule has 0 saturated heterocycles. The molecule has 0 saturated carbocycles. The Morgan fingerprint density at radius 3 is 3.18 bits per heavy atom. The number of hydrogen-bond donors (Lipinski definition) is 2. The summed E-state index contributed by atoms with van der Waals surface area (Å²) in [4.78, 5) is 15.5. The van der Waals surface area contributed by atoms with E-state index in [1.165, 1.54) is 17.5 Å². The van der Waals surface area contributed by atoms with Crippen LogP contribution in [0.1, 0.15) is 9.67 Å². The molecule has 0 fully saturated rings. The van der Waals surface area contributed by atoms with Crippen LogP contribution in [-0.2, 0) is 0 Å². The topological polar surface area (TPSA) is 68.0 Å². The lowest BCUT2D eigenvalue weighted by Crippen LogP contribution is -2.28. The van der Waals surface area contributed by atoms with E-state index < -0.39 is 0 Å². The Balaban J connectivity index is 2.43. The van der Waals surface area contributed by atoms with Crippen molar-refractivity contribution in [3.05, 3.63) is 16.6 Å². The Morgan fingerprint density at radius 2 is 2.64 bits per heavy atom. The van der Waals surface area contributed by atoms with Crippen LogP contribution in [0.15, 0.2) is 11.7 Å². The van der Waals surface area contributed by atoms with E-state index in [1.807, 2.05) is 0 Å². The molecule has 0 radical (unpaired) electrons. The Bertz CT molecular complexity index is 222. The van der Waals surface area contributed by atoms with Gasteiger partial charge in [0.15, 0.2) is 0 Å². The zero-order valence-electron chi connectivity index (χ0n) is 5.91. The van der Waals surface area contributed by atoms with Gasteiger partial charge in [-0.1, -0.05) is 0 Å². The third kappa shape index (κ3) is 2.28. The number of rotatable bonds is 3. The van der Waals surface area contributed by atoms with Crippen molar-refractivity contribution in [2.24, 2.45) is 5.73 Å². The van der Waals surface area contributed by atoms with E-state index in [1.54, 1.807) is 5.51 Å². The number of amides is 1. The lowest BCUT2D eigenvalue weighted by atomic mass is 10.5. The maximum absolute atomic E-state index is 11.1. The van der Waals surface area contributed by atoms with Crippen LogP contribution >= 0.6 is 11.3 Å². The predicted octanol–water partition coefficient (Wildman–Crippen LogP) is -0.168. The van der Waals surface area contributed by atoms with Gasteiger partial charge in [-0.25, -0.2) is 0 Å². The number of hydrogen-bond acceptors (Lipinski definition) is 4. The zero-order chi connectivity index (χ0) is 8.10. The minimum atomic E-state index is -0.0991. The van der Waals surface area contributed by atoms with Gasteiger partial charge in [0.2, 0.25) is 0 Å². The van der Waals surface area contributed by atoms with Gasteiger partial charge < -0.3 is 11.1 Å². The van der Waals surface area contributed by atoms with Crippen LogP contribution in [0.4, 0.5) is 0 Å². The van der Waals surface area contributed by atoms with E-state index in [-0.39, 0.29) is 5.91 Å². The minimum Gasteiger partial charge on any atom is -0.350 e. The first-order valence-corrected chi connectivity index (χ1v) is 4.09. The summed E-state index contributed by atoms with van der Waals surface area (Å²) in [6, 6.07) is 0. The highest BCUT2D eigenvalue weighted by Gasteiger charge is 2.04. The van der Waals surface area contributed by atoms with Gasteiger partial charge in [-0.05, 0) is 0 Å². The lowest BCUT2D eigenvalue weighted by Gasteiger charge is -1.98. The van der Waals surface area contributed by atoms with E-state index in [0.29, 0.717) is 18.0 Å². The highest BCUT2D eigenvalue weighted by Crippen LogP contribution is 2.03. The predicted molar refractivity (Wildman–Crippen MR) is 43.5 cm³/mol. The van der Waals surface area contributed by atoms with Crippen molar-refractivity contribution in [1.29, 1.82) is 0 Å². The van der Waals surface area contributed by atoms with E-state index >= 15 is 0 Å². The molecule has 1 aromatic heterocycles. The van der Waals surface area contributed by atoms with Crippen molar-refractivity contribution < 1.29 is 4.79 Å². The lowest BCUT2D eigenvalue weighted by molar-refractivity contribution is 0.0958. The minimum absolute atomic E-state index is 0.0991. The molecule has 1 aromatic rings. The SMILES string of the molecule is NCCNC(=O)c1cncs1. The molecule has 0 aliphatic carbocycles. The summed E-state index contributed by atoms with van der Waals surface area (Å²) < 4.78 is 0. The molecule has 5 heteroatoms. The van der Waals surface area contributed by atoms with Crippen molar-refractivity contribution >= 4 is 17.2 Å². The fourth-order valence-electron chi connectivity index (χ4n) is 0.601. The number of carbonyl (C=O) groups excluding carboxylic acids is 1. The molecule has 0 aromatic carbocycles. The molecule has 0 atom stereocenters. The van der Waals surface area contributed by atoms with Gasteiger partial charge in [-0.2, -0.15) is 0 Å². The second kappa shape index (κ2) is 4.05. The molecule has 11 heavy (non-hydrogen) atoms. The summed E-state index contributed by atoms with van der Waals surface area (Å²) in [5.41, 5.74) is 6.83. The summed E-state index contributed by atoms with van der Waals surface area (Å²) >= 11 is 1.32.